The fourth-order valence-corrected chi connectivity index (χ4v) is 5.04. The monoisotopic (exact) mass is 772 g/mol. The number of phenols is 2. The van der Waals surface area contributed by atoms with E-state index in [1.54, 1.807) is 24.3 Å². The third kappa shape index (κ3) is 8.52. The number of aromatic hydroxyl groups is 2. The van der Waals surface area contributed by atoms with Crippen molar-refractivity contribution in [2.45, 2.75) is 0 Å². The highest BCUT2D eigenvalue weighted by Gasteiger charge is 2.17. The Balaban J connectivity index is 0.000000222. The van der Waals surface area contributed by atoms with Crippen LogP contribution in [0.4, 0.5) is 17.1 Å². The lowest BCUT2D eigenvalue weighted by molar-refractivity contribution is -0.428. The number of nitrogens with one attached hydrogen (secondary N) is 2. The van der Waals surface area contributed by atoms with Crippen LogP contribution in [-0.4, -0.2) is 33.8 Å². The highest BCUT2D eigenvalue weighted by molar-refractivity contribution is 9.11. The molecule has 0 atom stereocenters. The molecule has 4 rings (SSSR count). The molecule has 0 radical (unpaired) electrons. The van der Waals surface area contributed by atoms with Crippen molar-refractivity contribution >= 4 is 99.9 Å². The lowest BCUT2D eigenvalue weighted by atomic mass is 10.2. The number of halogens is 5. The average molecular weight is 776 g/mol. The van der Waals surface area contributed by atoms with Crippen molar-refractivity contribution in [1.82, 2.24) is 0 Å². The largest absolute Gasteiger partial charge is 0.507 e. The number of amides is 2. The predicted octanol–water partition coefficient (Wildman–Crippen LogP) is 8.92. The highest BCUT2D eigenvalue weighted by Crippen LogP contribution is 2.32. The second-order valence-corrected chi connectivity index (χ2v) is 11.6. The lowest BCUT2D eigenvalue weighted by Gasteiger charge is -2.09. The van der Waals surface area contributed by atoms with Crippen LogP contribution in [0.15, 0.2) is 86.2 Å². The molecule has 4 aromatic rings. The maximum Gasteiger partial charge on any atom is 0.259 e. The van der Waals surface area contributed by atoms with E-state index in [-0.39, 0.29) is 33.6 Å². The Morgan fingerprint density at radius 2 is 1.43 bits per heavy atom. The van der Waals surface area contributed by atoms with E-state index in [0.29, 0.717) is 35.8 Å². The third-order valence-electron chi connectivity index (χ3n) is 5.14. The molecule has 0 fully saturated rings. The van der Waals surface area contributed by atoms with Gasteiger partial charge in [-0.3, -0.25) is 9.59 Å². The Kier molecular flexibility index (Phi) is 11.1. The minimum Gasteiger partial charge on any atom is -0.507 e. The number of phenolic OH excluding ortho intramolecular Hbond substituents is 2. The molecular weight excluding hydrogens is 757 g/mol. The highest BCUT2D eigenvalue weighted by atomic mass is 79.9. The van der Waals surface area contributed by atoms with E-state index < -0.39 is 5.91 Å². The van der Waals surface area contributed by atoms with Crippen molar-refractivity contribution in [3.8, 4) is 11.5 Å². The molecule has 0 saturated carbocycles. The summed E-state index contributed by atoms with van der Waals surface area (Å²) in [6, 6.07) is 19.0. The molecule has 0 heterocycles. The SMILES string of the molecule is C[N+](=O)c1ccc(NC(=O)c2cc(Cl)ccc2O)c(Cl)c1.O=C(Nc1ccc(Br)cc1)c1cc(Br)cc(Br)c1O. The van der Waals surface area contributed by atoms with Gasteiger partial charge in [-0.05, 0) is 76.6 Å². The number of nitrogens with zero attached hydrogens (tertiary/aromatic N) is 1. The number of hydrogen-bond donors (Lipinski definition) is 4. The summed E-state index contributed by atoms with van der Waals surface area (Å²) in [4.78, 5) is 35.4. The molecule has 0 aromatic heterocycles. The number of nitroso groups, excluding NO2 is 1. The summed E-state index contributed by atoms with van der Waals surface area (Å²) in [5.74, 6) is -1.20. The Hall–Kier alpha value is -2.96. The summed E-state index contributed by atoms with van der Waals surface area (Å²) in [7, 11) is 1.34. The second-order valence-electron chi connectivity index (χ2n) is 8.02. The van der Waals surface area contributed by atoms with Gasteiger partial charge in [-0.25, -0.2) is 0 Å². The van der Waals surface area contributed by atoms with Crippen LogP contribution in [0.25, 0.3) is 0 Å². The molecule has 8 nitrogen and oxygen atoms in total. The van der Waals surface area contributed by atoms with Crippen LogP contribution < -0.4 is 10.6 Å². The first-order valence-electron chi connectivity index (χ1n) is 11.1. The van der Waals surface area contributed by atoms with Gasteiger partial charge in [0.1, 0.15) is 11.5 Å². The fourth-order valence-electron chi connectivity index (χ4n) is 3.15. The van der Waals surface area contributed by atoms with E-state index in [1.807, 2.05) is 12.1 Å². The molecule has 0 unspecified atom stereocenters. The van der Waals surface area contributed by atoms with Gasteiger partial charge in [-0.2, -0.15) is 0 Å². The third-order valence-corrected chi connectivity index (χ3v) is 7.28. The summed E-state index contributed by atoms with van der Waals surface area (Å²) in [5.41, 5.74) is 1.58. The van der Waals surface area contributed by atoms with Crippen LogP contribution in [0, 0.1) is 4.91 Å². The standard InChI is InChI=1S/C14H10Cl2N2O3.C13H8Br3NO2/c1-18(21)9-3-4-12(11(16)7-9)17-14(20)10-6-8(15)2-5-13(10)19;14-7-1-3-9(4-2-7)17-13(19)10-5-8(15)6-11(16)12(10)18/h2-7H,1H3,(H-,17,19,20,21);1-6,18H,(H,17,19)/p+1. The molecule has 4 N–H and O–H groups in total. The summed E-state index contributed by atoms with van der Waals surface area (Å²) in [5, 5.41) is 25.4. The van der Waals surface area contributed by atoms with Crippen molar-refractivity contribution in [2.24, 2.45) is 0 Å². The van der Waals surface area contributed by atoms with Gasteiger partial charge in [0.15, 0.2) is 7.05 Å². The van der Waals surface area contributed by atoms with E-state index >= 15 is 0 Å². The smallest absolute Gasteiger partial charge is 0.259 e. The molecule has 0 aliphatic carbocycles. The fraction of sp³-hybridized carbons (Fsp3) is 0.0370. The predicted molar refractivity (Wildman–Crippen MR) is 167 cm³/mol. The van der Waals surface area contributed by atoms with Gasteiger partial charge >= 0.3 is 0 Å². The zero-order valence-corrected chi connectivity index (χ0v) is 26.7. The van der Waals surface area contributed by atoms with Gasteiger partial charge in [0, 0.05) is 41.5 Å². The van der Waals surface area contributed by atoms with Gasteiger partial charge in [-0.15, -0.1) is 0 Å². The van der Waals surface area contributed by atoms with Crippen molar-refractivity contribution in [2.75, 3.05) is 17.7 Å². The number of anilines is 2. The van der Waals surface area contributed by atoms with E-state index in [4.69, 9.17) is 23.2 Å². The van der Waals surface area contributed by atoms with Crippen LogP contribution in [0.1, 0.15) is 20.7 Å². The number of benzene rings is 4. The number of rotatable bonds is 5. The number of hydrogen-bond acceptors (Lipinski definition) is 5. The normalized spacial score (nSPS) is 10.2. The van der Waals surface area contributed by atoms with Crippen molar-refractivity contribution < 1.29 is 24.6 Å². The minimum atomic E-state index is -0.555. The summed E-state index contributed by atoms with van der Waals surface area (Å²) >= 11 is 21.6. The van der Waals surface area contributed by atoms with Gasteiger partial charge in [0.05, 0.1) is 26.3 Å². The van der Waals surface area contributed by atoms with Crippen molar-refractivity contribution in [1.29, 1.82) is 0 Å². The maximum absolute atomic E-state index is 12.1. The zero-order chi connectivity index (χ0) is 29.6. The van der Waals surface area contributed by atoms with Gasteiger partial charge in [0.25, 0.3) is 17.5 Å². The molecular formula is C27H19Br3Cl2N3O5+. The summed E-state index contributed by atoms with van der Waals surface area (Å²) in [6.45, 7) is 0. The number of carbonyl (C=O) groups excluding carboxylic acids is 2. The average Bonchev–Trinajstić information content (AvgIpc) is 2.90. The first-order chi connectivity index (χ1) is 18.8. The Bertz CT molecular complexity index is 1600. The van der Waals surface area contributed by atoms with E-state index in [1.165, 1.54) is 43.4 Å². The first kappa shape index (κ1) is 31.6. The minimum absolute atomic E-state index is 0.0311. The first-order valence-corrected chi connectivity index (χ1v) is 14.2. The van der Waals surface area contributed by atoms with Gasteiger partial charge in [-0.1, -0.05) is 55.1 Å². The Morgan fingerprint density at radius 3 is 2.05 bits per heavy atom. The Morgan fingerprint density at radius 1 is 0.775 bits per heavy atom. The second kappa shape index (κ2) is 14.1. The molecule has 13 heteroatoms. The molecule has 0 aliphatic rings. The molecule has 40 heavy (non-hydrogen) atoms. The van der Waals surface area contributed by atoms with Gasteiger partial charge in [0.2, 0.25) is 0 Å². The maximum atomic E-state index is 12.1. The summed E-state index contributed by atoms with van der Waals surface area (Å²) < 4.78 is 2.75. The van der Waals surface area contributed by atoms with Crippen LogP contribution in [0.5, 0.6) is 11.5 Å². The van der Waals surface area contributed by atoms with E-state index in [0.717, 1.165) is 4.47 Å². The van der Waals surface area contributed by atoms with Crippen LogP contribution >= 0.6 is 71.0 Å². The molecule has 0 saturated heterocycles. The van der Waals surface area contributed by atoms with Crippen LogP contribution in [0.2, 0.25) is 10.0 Å². The molecule has 4 aromatic carbocycles. The zero-order valence-electron chi connectivity index (χ0n) is 20.4. The molecule has 0 spiro atoms. The topological polar surface area (TPSA) is 119 Å². The molecule has 206 valence electrons. The van der Waals surface area contributed by atoms with Crippen LogP contribution in [-0.2, 0) is 0 Å². The lowest BCUT2D eigenvalue weighted by Crippen LogP contribution is -2.12. The van der Waals surface area contributed by atoms with E-state index in [2.05, 4.69) is 58.4 Å². The Labute approximate surface area is 264 Å². The van der Waals surface area contributed by atoms with Crippen LogP contribution in [0.3, 0.4) is 0 Å². The molecule has 0 aliphatic heterocycles. The summed E-state index contributed by atoms with van der Waals surface area (Å²) in [6.07, 6.45) is 0. The van der Waals surface area contributed by atoms with Gasteiger partial charge < -0.3 is 20.8 Å². The van der Waals surface area contributed by atoms with Crippen molar-refractivity contribution in [3.05, 3.63) is 112 Å². The number of carbonyl (C=O) groups is 2. The molecule has 0 bridgehead atoms. The molecule has 2 amide bonds. The quantitative estimate of drug-likeness (QED) is 0.151. The van der Waals surface area contributed by atoms with Crippen molar-refractivity contribution in [3.63, 3.8) is 0 Å². The van der Waals surface area contributed by atoms with E-state index in [9.17, 15) is 24.7 Å².